The van der Waals surface area contributed by atoms with Gasteiger partial charge in [0.15, 0.2) is 0 Å². The van der Waals surface area contributed by atoms with Crippen molar-refractivity contribution in [2.75, 3.05) is 11.1 Å². The van der Waals surface area contributed by atoms with Gasteiger partial charge in [0.1, 0.15) is 5.82 Å². The van der Waals surface area contributed by atoms with E-state index in [0.29, 0.717) is 17.3 Å². The molecule has 0 saturated carbocycles. The van der Waals surface area contributed by atoms with E-state index >= 15 is 0 Å². The lowest BCUT2D eigenvalue weighted by Gasteiger charge is -2.13. The Labute approximate surface area is 157 Å². The molecule has 2 aromatic heterocycles. The van der Waals surface area contributed by atoms with Gasteiger partial charge in [0.05, 0.1) is 27.9 Å². The van der Waals surface area contributed by atoms with Crippen molar-refractivity contribution in [1.82, 2.24) is 9.78 Å². The molecule has 6 nitrogen and oxygen atoms in total. The minimum absolute atomic E-state index is 0.0299. The van der Waals surface area contributed by atoms with E-state index in [4.69, 9.17) is 5.11 Å². The van der Waals surface area contributed by atoms with Crippen LogP contribution in [0.4, 0.5) is 5.82 Å². The summed E-state index contributed by atoms with van der Waals surface area (Å²) in [6.07, 6.45) is 0. The van der Waals surface area contributed by atoms with Gasteiger partial charge < -0.3 is 10.4 Å². The van der Waals surface area contributed by atoms with E-state index in [1.807, 2.05) is 12.3 Å². The number of carboxylic acids is 1. The molecule has 1 aliphatic rings. The highest BCUT2D eigenvalue weighted by Gasteiger charge is 2.30. The van der Waals surface area contributed by atoms with Crippen molar-refractivity contribution in [1.29, 1.82) is 0 Å². The van der Waals surface area contributed by atoms with Gasteiger partial charge in [-0.3, -0.25) is 4.79 Å². The predicted octanol–water partition coefficient (Wildman–Crippen LogP) is 3.72. The van der Waals surface area contributed by atoms with Gasteiger partial charge in [-0.15, -0.1) is 11.8 Å². The number of hydrogen-bond acceptors (Lipinski definition) is 5. The van der Waals surface area contributed by atoms with Crippen LogP contribution in [0, 0.1) is 6.92 Å². The summed E-state index contributed by atoms with van der Waals surface area (Å²) in [7, 11) is 0. The third kappa shape index (κ3) is 2.91. The number of aryl methyl sites for hydroxylation is 1. The summed E-state index contributed by atoms with van der Waals surface area (Å²) in [6.45, 7) is 1.93. The molecule has 8 heteroatoms. The number of hydrogen-bond donors (Lipinski definition) is 2. The van der Waals surface area contributed by atoms with Crippen LogP contribution in [-0.2, 0) is 4.79 Å². The quantitative estimate of drug-likeness (QED) is 0.718. The number of anilines is 1. The molecule has 1 aromatic carbocycles. The van der Waals surface area contributed by atoms with Crippen molar-refractivity contribution >= 4 is 40.8 Å². The lowest BCUT2D eigenvalue weighted by Crippen LogP contribution is -2.15. The summed E-state index contributed by atoms with van der Waals surface area (Å²) in [6, 6.07) is 8.52. The third-order valence-electron chi connectivity index (χ3n) is 4.21. The molecule has 1 atom stereocenters. The summed E-state index contributed by atoms with van der Waals surface area (Å²) in [5.74, 6) is -0.0321. The Morgan fingerprint density at radius 2 is 2.08 bits per heavy atom. The molecule has 2 N–H and O–H groups in total. The summed E-state index contributed by atoms with van der Waals surface area (Å²) in [5, 5.41) is 20.8. The highest BCUT2D eigenvalue weighted by atomic mass is 32.2. The topological polar surface area (TPSA) is 84.2 Å². The first-order valence-electron chi connectivity index (χ1n) is 7.91. The van der Waals surface area contributed by atoms with Gasteiger partial charge in [0.2, 0.25) is 5.91 Å². The van der Waals surface area contributed by atoms with E-state index in [2.05, 4.69) is 21.9 Å². The number of carboxylic acid groups (broad SMARTS) is 1. The highest BCUT2D eigenvalue weighted by molar-refractivity contribution is 8.00. The van der Waals surface area contributed by atoms with Gasteiger partial charge in [0, 0.05) is 5.56 Å². The molecule has 0 saturated heterocycles. The van der Waals surface area contributed by atoms with Crippen LogP contribution in [-0.4, -0.2) is 32.5 Å². The first kappa shape index (κ1) is 16.9. The maximum absolute atomic E-state index is 12.2. The molecular formula is C18H15N3O3S2. The van der Waals surface area contributed by atoms with E-state index in [9.17, 15) is 9.59 Å². The monoisotopic (exact) mass is 385 g/mol. The summed E-state index contributed by atoms with van der Waals surface area (Å²) < 4.78 is 1.68. The second-order valence-corrected chi connectivity index (χ2v) is 7.78. The molecule has 0 spiro atoms. The lowest BCUT2D eigenvalue weighted by atomic mass is 10.1. The Balaban J connectivity index is 1.85. The van der Waals surface area contributed by atoms with Gasteiger partial charge >= 0.3 is 5.97 Å². The highest BCUT2D eigenvalue weighted by Crippen LogP contribution is 2.44. The maximum atomic E-state index is 12.2. The van der Waals surface area contributed by atoms with Gasteiger partial charge in [0.25, 0.3) is 0 Å². The van der Waals surface area contributed by atoms with Crippen molar-refractivity contribution in [2.24, 2.45) is 0 Å². The zero-order valence-corrected chi connectivity index (χ0v) is 15.4. The van der Waals surface area contributed by atoms with Gasteiger partial charge in [-0.1, -0.05) is 0 Å². The van der Waals surface area contributed by atoms with E-state index in [1.165, 1.54) is 12.1 Å². The average Bonchev–Trinajstić information content (AvgIpc) is 3.21. The molecule has 4 rings (SSSR count). The number of thioether (sulfide) groups is 1. The predicted molar refractivity (Wildman–Crippen MR) is 103 cm³/mol. The number of nitrogens with zero attached hydrogens (tertiary/aromatic N) is 2. The third-order valence-corrected chi connectivity index (χ3v) is 6.18. The first-order chi connectivity index (χ1) is 12.5. The number of fused-ring (bicyclic) bond motifs is 1. The van der Waals surface area contributed by atoms with Crippen LogP contribution < -0.4 is 5.32 Å². The SMILES string of the molecule is Cc1nn(-c2ccc(C(=O)O)cc2)c2c1[C@H](c1ccsc1)SCC(=O)N2. The molecule has 3 aromatic rings. The zero-order chi connectivity index (χ0) is 18.3. The van der Waals surface area contributed by atoms with E-state index in [-0.39, 0.29) is 16.7 Å². The Morgan fingerprint density at radius 1 is 1.31 bits per heavy atom. The summed E-state index contributed by atoms with van der Waals surface area (Å²) in [5.41, 5.74) is 3.89. The minimum Gasteiger partial charge on any atom is -0.478 e. The largest absolute Gasteiger partial charge is 0.478 e. The summed E-state index contributed by atoms with van der Waals surface area (Å²) in [4.78, 5) is 23.3. The smallest absolute Gasteiger partial charge is 0.335 e. The molecule has 3 heterocycles. The maximum Gasteiger partial charge on any atom is 0.335 e. The Hall–Kier alpha value is -2.58. The molecule has 0 unspecified atom stereocenters. The van der Waals surface area contributed by atoms with E-state index < -0.39 is 5.97 Å². The van der Waals surface area contributed by atoms with Crippen LogP contribution in [0.25, 0.3) is 5.69 Å². The standard InChI is InChI=1S/C18H15N3O3S2/c1-10-15-16(12-6-7-25-8-12)26-9-14(22)19-17(15)21(20-10)13-4-2-11(3-5-13)18(23)24/h2-8,16H,9H2,1H3,(H,19,22)(H,23,24)/t16-/m0/s1. The van der Waals surface area contributed by atoms with Crippen LogP contribution in [0.3, 0.4) is 0 Å². The Morgan fingerprint density at radius 3 is 2.73 bits per heavy atom. The van der Waals surface area contributed by atoms with E-state index in [1.54, 1.807) is 39.9 Å². The number of nitrogens with one attached hydrogen (secondary N) is 1. The second-order valence-electron chi connectivity index (χ2n) is 5.91. The fraction of sp³-hybridized carbons (Fsp3) is 0.167. The number of thiophene rings is 1. The van der Waals surface area contributed by atoms with Crippen molar-refractivity contribution in [3.05, 3.63) is 63.5 Å². The average molecular weight is 385 g/mol. The number of benzene rings is 1. The molecule has 0 aliphatic carbocycles. The fourth-order valence-corrected chi connectivity index (χ4v) is 4.95. The number of carbonyl (C=O) groups excluding carboxylic acids is 1. The van der Waals surface area contributed by atoms with Crippen LogP contribution in [0.15, 0.2) is 41.1 Å². The van der Waals surface area contributed by atoms with Crippen LogP contribution in [0.1, 0.15) is 32.4 Å². The van der Waals surface area contributed by atoms with Gasteiger partial charge in [-0.25, -0.2) is 9.48 Å². The molecule has 1 aliphatic heterocycles. The number of carbonyl (C=O) groups is 2. The number of amides is 1. The van der Waals surface area contributed by atoms with Crippen molar-refractivity contribution in [3.63, 3.8) is 0 Å². The molecule has 0 radical (unpaired) electrons. The molecule has 1 amide bonds. The number of aromatic carboxylic acids is 1. The molecule has 26 heavy (non-hydrogen) atoms. The molecule has 0 fully saturated rings. The lowest BCUT2D eigenvalue weighted by molar-refractivity contribution is -0.113. The number of rotatable bonds is 3. The fourth-order valence-electron chi connectivity index (χ4n) is 3.00. The Bertz CT molecular complexity index is 978. The molecule has 0 bridgehead atoms. The second kappa shape index (κ2) is 6.62. The minimum atomic E-state index is -0.978. The first-order valence-corrected chi connectivity index (χ1v) is 9.90. The van der Waals surface area contributed by atoms with Crippen molar-refractivity contribution in [3.8, 4) is 5.69 Å². The Kier molecular flexibility index (Phi) is 4.29. The van der Waals surface area contributed by atoms with Crippen molar-refractivity contribution < 1.29 is 14.7 Å². The van der Waals surface area contributed by atoms with Crippen LogP contribution >= 0.6 is 23.1 Å². The molecular weight excluding hydrogens is 370 g/mol. The van der Waals surface area contributed by atoms with Crippen LogP contribution in [0.5, 0.6) is 0 Å². The normalized spacial score (nSPS) is 16.7. The van der Waals surface area contributed by atoms with E-state index in [0.717, 1.165) is 16.8 Å². The zero-order valence-electron chi connectivity index (χ0n) is 13.8. The molecule has 132 valence electrons. The van der Waals surface area contributed by atoms with Crippen molar-refractivity contribution in [2.45, 2.75) is 12.2 Å². The van der Waals surface area contributed by atoms with Gasteiger partial charge in [-0.05, 0) is 53.6 Å². The van der Waals surface area contributed by atoms with Gasteiger partial charge in [-0.2, -0.15) is 16.4 Å². The summed E-state index contributed by atoms with van der Waals surface area (Å²) >= 11 is 3.21. The van der Waals surface area contributed by atoms with Crippen LogP contribution in [0.2, 0.25) is 0 Å². The number of aromatic nitrogens is 2.